The van der Waals surface area contributed by atoms with E-state index in [2.05, 4.69) is 77.7 Å². The van der Waals surface area contributed by atoms with Gasteiger partial charge in [0.1, 0.15) is 5.75 Å². The molecule has 0 aliphatic carbocycles. The number of benzene rings is 2. The highest BCUT2D eigenvalue weighted by molar-refractivity contribution is 9.10. The molecule has 0 saturated heterocycles. The molecule has 0 bridgehead atoms. The standard InChI is InChI=1S/C8H9BrO.C8H10S.C4H9N.CH5N/c1-6-7(9)4-3-5-8(6)10-2;1-7-5-3-4-6-8(7)9-2;1-3-4-5-2;1-2/h3-5H,1-2H3;3-6H,1-2H3;2-4H2,1H3;2H2,1H3. The van der Waals surface area contributed by atoms with Crippen LogP contribution in [0, 0.1) is 13.8 Å². The molecule has 0 aliphatic heterocycles. The Morgan fingerprint density at radius 2 is 1.73 bits per heavy atom. The van der Waals surface area contributed by atoms with Gasteiger partial charge in [0.2, 0.25) is 0 Å². The number of halogens is 1. The first-order chi connectivity index (χ1) is 12.5. The maximum absolute atomic E-state index is 5.10. The van der Waals surface area contributed by atoms with Gasteiger partial charge in [0.05, 0.1) is 7.11 Å². The zero-order valence-corrected chi connectivity index (χ0v) is 19.3. The Labute approximate surface area is 172 Å². The van der Waals surface area contributed by atoms with Crippen LogP contribution in [0.3, 0.4) is 0 Å². The molecule has 2 rings (SSSR count). The highest BCUT2D eigenvalue weighted by Gasteiger charge is 1.98. The summed E-state index contributed by atoms with van der Waals surface area (Å²) < 4.78 is 6.19. The number of aliphatic imine (C=N–C) groups is 1. The molecule has 0 aromatic heterocycles. The number of thioether (sulfide) groups is 1. The minimum atomic E-state index is 0.903. The molecule has 146 valence electrons. The van der Waals surface area contributed by atoms with E-state index in [-0.39, 0.29) is 0 Å². The van der Waals surface area contributed by atoms with Crippen molar-refractivity contribution in [1.29, 1.82) is 0 Å². The van der Waals surface area contributed by atoms with E-state index in [1.807, 2.05) is 25.1 Å². The second kappa shape index (κ2) is 18.5. The predicted molar refractivity (Wildman–Crippen MR) is 123 cm³/mol. The van der Waals surface area contributed by atoms with Gasteiger partial charge in [0, 0.05) is 21.5 Å². The van der Waals surface area contributed by atoms with E-state index in [1.165, 1.54) is 17.5 Å². The van der Waals surface area contributed by atoms with Crippen molar-refractivity contribution in [3.63, 3.8) is 0 Å². The lowest BCUT2D eigenvalue weighted by Gasteiger charge is -2.04. The molecule has 0 atom stereocenters. The summed E-state index contributed by atoms with van der Waals surface area (Å²) in [6, 6.07) is 14.3. The first kappa shape index (κ1) is 26.9. The van der Waals surface area contributed by atoms with Gasteiger partial charge in [0.25, 0.3) is 0 Å². The van der Waals surface area contributed by atoms with Gasteiger partial charge in [-0.25, -0.2) is 0 Å². The van der Waals surface area contributed by atoms with E-state index < -0.39 is 0 Å². The van der Waals surface area contributed by atoms with Crippen molar-refractivity contribution in [3.05, 3.63) is 58.1 Å². The highest BCUT2D eigenvalue weighted by atomic mass is 79.9. The van der Waals surface area contributed by atoms with Gasteiger partial charge < -0.3 is 15.5 Å². The fourth-order valence-electron chi connectivity index (χ4n) is 1.75. The molecule has 3 nitrogen and oxygen atoms in total. The van der Waals surface area contributed by atoms with E-state index in [1.54, 1.807) is 18.9 Å². The van der Waals surface area contributed by atoms with Gasteiger partial charge in [-0.05, 0) is 64.1 Å². The second-order valence-electron chi connectivity index (χ2n) is 4.98. The Kier molecular flexibility index (Phi) is 19.1. The summed E-state index contributed by atoms with van der Waals surface area (Å²) in [5, 5.41) is 0. The van der Waals surface area contributed by atoms with E-state index in [9.17, 15) is 0 Å². The van der Waals surface area contributed by atoms with Crippen molar-refractivity contribution in [3.8, 4) is 5.75 Å². The van der Waals surface area contributed by atoms with Gasteiger partial charge >= 0.3 is 0 Å². The van der Waals surface area contributed by atoms with Crippen LogP contribution in [-0.4, -0.2) is 33.7 Å². The Hall–Kier alpha value is -1.30. The highest BCUT2D eigenvalue weighted by Crippen LogP contribution is 2.24. The molecule has 5 heteroatoms. The average Bonchev–Trinajstić information content (AvgIpc) is 2.68. The Balaban J connectivity index is 0. The number of hydrogen-bond donors (Lipinski definition) is 1. The summed E-state index contributed by atoms with van der Waals surface area (Å²) in [7, 11) is 3.18. The molecule has 2 N–H and O–H groups in total. The molecule has 0 heterocycles. The predicted octanol–water partition coefficient (Wildman–Crippen LogP) is 6.15. The maximum Gasteiger partial charge on any atom is 0.122 e. The third-order valence-corrected chi connectivity index (χ3v) is 4.89. The van der Waals surface area contributed by atoms with E-state index in [4.69, 9.17) is 4.74 Å². The number of hydrogen-bond acceptors (Lipinski definition) is 4. The third kappa shape index (κ3) is 12.1. The summed E-state index contributed by atoms with van der Waals surface area (Å²) >= 11 is 5.20. The van der Waals surface area contributed by atoms with Crippen LogP contribution in [0.15, 0.2) is 56.8 Å². The number of ether oxygens (including phenoxy) is 1. The Bertz CT molecular complexity index is 606. The third-order valence-electron chi connectivity index (χ3n) is 3.13. The molecule has 2 aromatic rings. The lowest BCUT2D eigenvalue weighted by Crippen LogP contribution is -1.86. The Morgan fingerprint density at radius 3 is 2.08 bits per heavy atom. The van der Waals surface area contributed by atoms with E-state index in [0.29, 0.717) is 0 Å². The van der Waals surface area contributed by atoms with Gasteiger partial charge in [-0.1, -0.05) is 47.1 Å². The van der Waals surface area contributed by atoms with Crippen LogP contribution in [0.5, 0.6) is 5.75 Å². The van der Waals surface area contributed by atoms with Crippen LogP contribution in [-0.2, 0) is 0 Å². The fourth-order valence-corrected chi connectivity index (χ4v) is 2.71. The van der Waals surface area contributed by atoms with E-state index >= 15 is 0 Å². The first-order valence-electron chi connectivity index (χ1n) is 8.40. The molecule has 0 amide bonds. The van der Waals surface area contributed by atoms with Crippen LogP contribution >= 0.6 is 27.7 Å². The summed E-state index contributed by atoms with van der Waals surface area (Å²) in [5.41, 5.74) is 7.01. The minimum Gasteiger partial charge on any atom is -0.496 e. The van der Waals surface area contributed by atoms with Crippen molar-refractivity contribution < 1.29 is 4.74 Å². The molecule has 0 fully saturated rings. The van der Waals surface area contributed by atoms with Gasteiger partial charge in [-0.2, -0.15) is 0 Å². The van der Waals surface area contributed by atoms with Crippen molar-refractivity contribution >= 4 is 34.4 Å². The van der Waals surface area contributed by atoms with Crippen molar-refractivity contribution in [2.45, 2.75) is 32.1 Å². The van der Waals surface area contributed by atoms with Crippen LogP contribution in [0.4, 0.5) is 0 Å². The summed E-state index contributed by atoms with van der Waals surface area (Å²) in [4.78, 5) is 4.98. The number of nitrogens with two attached hydrogens (primary N) is 1. The van der Waals surface area contributed by atoms with Crippen LogP contribution in [0.2, 0.25) is 0 Å². The molecular formula is C21H33BrN2OS. The van der Waals surface area contributed by atoms with Gasteiger partial charge in [0.15, 0.2) is 0 Å². The molecule has 0 radical (unpaired) electrons. The maximum atomic E-state index is 5.10. The largest absolute Gasteiger partial charge is 0.496 e. The lowest BCUT2D eigenvalue weighted by molar-refractivity contribution is 0.411. The molecular weight excluding hydrogens is 408 g/mol. The van der Waals surface area contributed by atoms with Crippen LogP contribution in [0.25, 0.3) is 0 Å². The summed E-state index contributed by atoms with van der Waals surface area (Å²) in [6.45, 7) is 10.4. The van der Waals surface area contributed by atoms with Crippen molar-refractivity contribution in [2.24, 2.45) is 10.7 Å². The van der Waals surface area contributed by atoms with Crippen molar-refractivity contribution in [1.82, 2.24) is 0 Å². The molecule has 0 saturated carbocycles. The molecule has 2 aromatic carbocycles. The summed E-state index contributed by atoms with van der Waals surface area (Å²) in [6.07, 6.45) is 3.21. The molecule has 0 aliphatic rings. The smallest absolute Gasteiger partial charge is 0.122 e. The average molecular weight is 441 g/mol. The number of rotatable bonds is 4. The molecule has 0 spiro atoms. The van der Waals surface area contributed by atoms with Gasteiger partial charge in [-0.3, -0.25) is 0 Å². The van der Waals surface area contributed by atoms with Crippen LogP contribution in [0.1, 0.15) is 24.5 Å². The van der Waals surface area contributed by atoms with Crippen LogP contribution < -0.4 is 10.5 Å². The van der Waals surface area contributed by atoms with Gasteiger partial charge in [-0.15, -0.1) is 11.8 Å². The first-order valence-corrected chi connectivity index (χ1v) is 10.4. The molecule has 0 unspecified atom stereocenters. The molecule has 26 heavy (non-hydrogen) atoms. The van der Waals surface area contributed by atoms with E-state index in [0.717, 1.165) is 28.8 Å². The Morgan fingerprint density at radius 1 is 1.12 bits per heavy atom. The number of methoxy groups -OCH3 is 1. The van der Waals surface area contributed by atoms with Crippen molar-refractivity contribution in [2.75, 3.05) is 27.0 Å². The fraction of sp³-hybridized carbons (Fsp3) is 0.381. The quantitative estimate of drug-likeness (QED) is 0.457. The second-order valence-corrected chi connectivity index (χ2v) is 6.69. The number of nitrogens with zero attached hydrogens (tertiary/aromatic N) is 1. The minimum absolute atomic E-state index is 0.903. The zero-order chi connectivity index (χ0) is 20.4. The lowest BCUT2D eigenvalue weighted by atomic mass is 10.2. The normalized spacial score (nSPS) is 8.62. The topological polar surface area (TPSA) is 47.6 Å². The SMILES string of the molecule is C=NCCC.CN.COc1cccc(Br)c1C.CSc1ccccc1C. The summed E-state index contributed by atoms with van der Waals surface area (Å²) in [5.74, 6) is 0.925. The number of aryl methyl sites for hydroxylation is 1. The monoisotopic (exact) mass is 440 g/mol. The zero-order valence-electron chi connectivity index (χ0n) is 16.9.